The van der Waals surface area contributed by atoms with E-state index in [-0.39, 0.29) is 11.3 Å². The second-order valence-corrected chi connectivity index (χ2v) is 4.68. The zero-order valence-corrected chi connectivity index (χ0v) is 9.74. The van der Waals surface area contributed by atoms with Gasteiger partial charge in [-0.25, -0.2) is 13.2 Å². The van der Waals surface area contributed by atoms with Gasteiger partial charge in [-0.3, -0.25) is 9.52 Å². The number of carbonyl (C=O) groups is 2. The molecule has 3 amide bonds. The molecule has 0 spiro atoms. The van der Waals surface area contributed by atoms with Gasteiger partial charge in [0.25, 0.3) is 10.0 Å². The number of sulfonamides is 1. The van der Waals surface area contributed by atoms with Crippen LogP contribution < -0.4 is 15.4 Å². The van der Waals surface area contributed by atoms with E-state index in [1.54, 1.807) is 4.72 Å². The molecule has 0 radical (unpaired) electrons. The van der Waals surface area contributed by atoms with Crippen molar-refractivity contribution < 1.29 is 18.0 Å². The Morgan fingerprint density at radius 1 is 1.24 bits per heavy atom. The van der Waals surface area contributed by atoms with Gasteiger partial charge in [-0.2, -0.15) is 0 Å². The topological polar surface area (TPSA) is 104 Å². The summed E-state index contributed by atoms with van der Waals surface area (Å²) in [7, 11) is -2.35. The minimum atomic E-state index is -3.81. The van der Waals surface area contributed by atoms with E-state index in [4.69, 9.17) is 0 Å². The summed E-state index contributed by atoms with van der Waals surface area (Å²) in [4.78, 5) is 21.0. The predicted molar refractivity (Wildman–Crippen MR) is 60.9 cm³/mol. The van der Waals surface area contributed by atoms with Crippen LogP contribution in [-0.4, -0.2) is 27.9 Å². The van der Waals surface area contributed by atoms with Crippen molar-refractivity contribution >= 4 is 28.2 Å². The molecular formula is C9H11N3O4S. The van der Waals surface area contributed by atoms with Crippen LogP contribution >= 0.6 is 0 Å². The molecular weight excluding hydrogens is 246 g/mol. The molecule has 0 bridgehead atoms. The number of hydrogen-bond acceptors (Lipinski definition) is 4. The van der Waals surface area contributed by atoms with Crippen molar-refractivity contribution in [2.45, 2.75) is 4.90 Å². The van der Waals surface area contributed by atoms with Crippen molar-refractivity contribution in [3.8, 4) is 0 Å². The van der Waals surface area contributed by atoms with Crippen LogP contribution in [0.4, 0.5) is 10.5 Å². The van der Waals surface area contributed by atoms with Crippen LogP contribution in [0, 0.1) is 0 Å². The molecule has 0 heterocycles. The number of rotatable bonds is 4. The first-order valence-corrected chi connectivity index (χ1v) is 6.02. The highest BCUT2D eigenvalue weighted by Gasteiger charge is 2.12. The normalized spacial score (nSPS) is 10.4. The molecule has 0 aromatic heterocycles. The molecule has 0 aliphatic heterocycles. The van der Waals surface area contributed by atoms with Crippen molar-refractivity contribution in [1.82, 2.24) is 10.0 Å². The first-order chi connectivity index (χ1) is 7.99. The van der Waals surface area contributed by atoms with E-state index in [1.165, 1.54) is 31.3 Å². The molecule has 0 fully saturated rings. The summed E-state index contributed by atoms with van der Waals surface area (Å²) >= 11 is 0. The Hall–Kier alpha value is -2.09. The Balaban J connectivity index is 2.88. The Morgan fingerprint density at radius 3 is 2.29 bits per heavy atom. The number of urea groups is 1. The highest BCUT2D eigenvalue weighted by molar-refractivity contribution is 7.90. The lowest BCUT2D eigenvalue weighted by Gasteiger charge is -2.05. The molecule has 1 aromatic carbocycles. The summed E-state index contributed by atoms with van der Waals surface area (Å²) in [5.41, 5.74) is 0.439. The van der Waals surface area contributed by atoms with Gasteiger partial charge in [-0.05, 0) is 24.3 Å². The van der Waals surface area contributed by atoms with Gasteiger partial charge in [0, 0.05) is 12.7 Å². The lowest BCUT2D eigenvalue weighted by atomic mass is 10.3. The molecule has 0 saturated carbocycles. The number of carbonyl (C=O) groups excluding carboxylic acids is 2. The van der Waals surface area contributed by atoms with Gasteiger partial charge in [0.1, 0.15) is 0 Å². The smallest absolute Gasteiger partial charge is 0.318 e. The average molecular weight is 257 g/mol. The van der Waals surface area contributed by atoms with E-state index < -0.39 is 16.1 Å². The van der Waals surface area contributed by atoms with Crippen molar-refractivity contribution in [1.29, 1.82) is 0 Å². The molecule has 92 valence electrons. The lowest BCUT2D eigenvalue weighted by molar-refractivity contribution is -0.108. The lowest BCUT2D eigenvalue weighted by Crippen LogP contribution is -2.24. The second kappa shape index (κ2) is 5.30. The van der Waals surface area contributed by atoms with E-state index >= 15 is 0 Å². The van der Waals surface area contributed by atoms with Crippen LogP contribution in [0.1, 0.15) is 0 Å². The summed E-state index contributed by atoms with van der Waals surface area (Å²) in [5.74, 6) is 0. The van der Waals surface area contributed by atoms with Crippen molar-refractivity contribution in [2.75, 3.05) is 12.4 Å². The first kappa shape index (κ1) is 13.0. The molecule has 1 rings (SSSR count). The third kappa shape index (κ3) is 3.45. The summed E-state index contributed by atoms with van der Waals surface area (Å²) in [6, 6.07) is 4.96. The molecule has 0 unspecified atom stereocenters. The van der Waals surface area contributed by atoms with Crippen LogP contribution in [0.2, 0.25) is 0 Å². The third-order valence-electron chi connectivity index (χ3n) is 1.85. The summed E-state index contributed by atoms with van der Waals surface area (Å²) in [6.45, 7) is 0. The Morgan fingerprint density at radius 2 is 1.82 bits per heavy atom. The standard InChI is InChI=1S/C9H11N3O4S/c1-10-9(14)12-7-2-4-8(5-3-7)17(15,16)11-6-13/h2-6H,1H3,(H,11,13)(H2,10,12,14). The highest BCUT2D eigenvalue weighted by Crippen LogP contribution is 2.13. The maximum atomic E-state index is 11.4. The Labute approximate surface area is 98.3 Å². The quantitative estimate of drug-likeness (QED) is 0.653. The van der Waals surface area contributed by atoms with Crippen molar-refractivity contribution in [2.24, 2.45) is 0 Å². The molecule has 1 aromatic rings. The molecule has 0 aliphatic rings. The van der Waals surface area contributed by atoms with Gasteiger partial charge in [-0.15, -0.1) is 0 Å². The largest absolute Gasteiger partial charge is 0.341 e. The van der Waals surface area contributed by atoms with Gasteiger partial charge >= 0.3 is 6.03 Å². The fourth-order valence-corrected chi connectivity index (χ4v) is 1.80. The Kier molecular flexibility index (Phi) is 4.05. The fraction of sp³-hybridized carbons (Fsp3) is 0.111. The minimum Gasteiger partial charge on any atom is -0.341 e. The average Bonchev–Trinajstić information content (AvgIpc) is 2.29. The van der Waals surface area contributed by atoms with Crippen molar-refractivity contribution in [3.05, 3.63) is 24.3 Å². The van der Waals surface area contributed by atoms with Crippen LogP contribution in [0.5, 0.6) is 0 Å². The summed E-state index contributed by atoms with van der Waals surface area (Å²) < 4.78 is 24.5. The number of hydrogen-bond donors (Lipinski definition) is 3. The Bertz CT molecular complexity index is 510. The van der Waals surface area contributed by atoms with Crippen LogP contribution in [0.3, 0.4) is 0 Å². The van der Waals surface area contributed by atoms with Gasteiger partial charge in [-0.1, -0.05) is 0 Å². The number of benzene rings is 1. The SMILES string of the molecule is CNC(=O)Nc1ccc(S(=O)(=O)NC=O)cc1. The molecule has 0 saturated heterocycles. The molecule has 8 heteroatoms. The maximum Gasteiger partial charge on any atom is 0.318 e. The van der Waals surface area contributed by atoms with E-state index in [2.05, 4.69) is 10.6 Å². The van der Waals surface area contributed by atoms with Gasteiger partial charge in [0.15, 0.2) is 0 Å². The molecule has 17 heavy (non-hydrogen) atoms. The first-order valence-electron chi connectivity index (χ1n) is 4.54. The predicted octanol–water partition coefficient (Wildman–Crippen LogP) is -0.127. The van der Waals surface area contributed by atoms with E-state index in [0.717, 1.165) is 0 Å². The molecule has 0 atom stereocenters. The summed E-state index contributed by atoms with van der Waals surface area (Å²) in [6.07, 6.45) is 0.0893. The minimum absolute atomic E-state index is 0.0629. The zero-order valence-electron chi connectivity index (χ0n) is 8.93. The monoisotopic (exact) mass is 257 g/mol. The van der Waals surface area contributed by atoms with Gasteiger partial charge < -0.3 is 10.6 Å². The third-order valence-corrected chi connectivity index (χ3v) is 3.15. The highest BCUT2D eigenvalue weighted by atomic mass is 32.2. The van der Waals surface area contributed by atoms with Crippen LogP contribution in [0.15, 0.2) is 29.2 Å². The van der Waals surface area contributed by atoms with E-state index in [1.807, 2.05) is 0 Å². The van der Waals surface area contributed by atoms with Crippen LogP contribution in [-0.2, 0) is 14.8 Å². The van der Waals surface area contributed by atoms with Crippen molar-refractivity contribution in [3.63, 3.8) is 0 Å². The number of nitrogens with one attached hydrogen (secondary N) is 3. The zero-order chi connectivity index (χ0) is 12.9. The maximum absolute atomic E-state index is 11.4. The number of amides is 3. The molecule has 3 N–H and O–H groups in total. The fourth-order valence-electron chi connectivity index (χ4n) is 1.04. The van der Waals surface area contributed by atoms with E-state index in [9.17, 15) is 18.0 Å². The second-order valence-electron chi connectivity index (χ2n) is 2.97. The van der Waals surface area contributed by atoms with E-state index in [0.29, 0.717) is 5.69 Å². The van der Waals surface area contributed by atoms with Gasteiger partial charge in [0.05, 0.1) is 4.90 Å². The number of anilines is 1. The molecule has 7 nitrogen and oxygen atoms in total. The van der Waals surface area contributed by atoms with Crippen LogP contribution in [0.25, 0.3) is 0 Å². The van der Waals surface area contributed by atoms with Gasteiger partial charge in [0.2, 0.25) is 6.41 Å². The summed E-state index contributed by atoms with van der Waals surface area (Å²) in [5, 5.41) is 4.82. The molecule has 0 aliphatic carbocycles.